The Labute approximate surface area is 165 Å². The number of ether oxygens (including phenoxy) is 3. The van der Waals surface area contributed by atoms with Crippen LogP contribution in [0.1, 0.15) is 22.3 Å². The van der Waals surface area contributed by atoms with E-state index < -0.39 is 0 Å². The van der Waals surface area contributed by atoms with Crippen LogP contribution in [0.2, 0.25) is 0 Å². The molecule has 0 bridgehead atoms. The van der Waals surface area contributed by atoms with E-state index in [0.717, 1.165) is 16.8 Å². The lowest BCUT2D eigenvalue weighted by Crippen LogP contribution is -2.26. The number of amides is 1. The molecule has 28 heavy (non-hydrogen) atoms. The zero-order chi connectivity index (χ0) is 20.7. The first-order valence-electron chi connectivity index (χ1n) is 8.83. The third kappa shape index (κ3) is 5.16. The maximum Gasteiger partial charge on any atom is 0.259 e. The summed E-state index contributed by atoms with van der Waals surface area (Å²) in [5.74, 6) is 1.39. The summed E-state index contributed by atoms with van der Waals surface area (Å²) >= 11 is 0. The monoisotopic (exact) mass is 385 g/mol. The molecule has 0 aliphatic heterocycles. The lowest BCUT2D eigenvalue weighted by molar-refractivity contribution is -0.119. The van der Waals surface area contributed by atoms with E-state index in [1.54, 1.807) is 33.5 Å². The standard InChI is InChI=1S/C21H27N3O4/c1-13-7-14(2)21(15(3)8-13)22-12-20(25)24-23-11-17-18(27-5)9-16(26-4)10-19(17)28-6/h7-11,22H,12H2,1-6H3,(H,24,25)/b23-11-. The topological polar surface area (TPSA) is 81.2 Å². The zero-order valence-corrected chi connectivity index (χ0v) is 17.2. The van der Waals surface area contributed by atoms with Gasteiger partial charge in [0.25, 0.3) is 5.91 Å². The lowest BCUT2D eigenvalue weighted by atomic mass is 10.1. The number of anilines is 1. The molecule has 7 heteroatoms. The predicted molar refractivity (Wildman–Crippen MR) is 111 cm³/mol. The van der Waals surface area contributed by atoms with Gasteiger partial charge in [-0.2, -0.15) is 5.10 Å². The molecule has 2 N–H and O–H groups in total. The van der Waals surface area contributed by atoms with Gasteiger partial charge in [0.1, 0.15) is 17.2 Å². The fourth-order valence-electron chi connectivity index (χ4n) is 3.00. The van der Waals surface area contributed by atoms with Crippen LogP contribution in [0.3, 0.4) is 0 Å². The maximum atomic E-state index is 12.1. The highest BCUT2D eigenvalue weighted by atomic mass is 16.5. The molecule has 2 aromatic rings. The summed E-state index contributed by atoms with van der Waals surface area (Å²) in [6.45, 7) is 6.19. The van der Waals surface area contributed by atoms with E-state index in [1.807, 2.05) is 20.8 Å². The Morgan fingerprint density at radius 1 is 0.964 bits per heavy atom. The molecule has 7 nitrogen and oxygen atoms in total. The van der Waals surface area contributed by atoms with E-state index in [0.29, 0.717) is 22.8 Å². The number of hydrogen-bond donors (Lipinski definition) is 2. The van der Waals surface area contributed by atoms with Gasteiger partial charge < -0.3 is 19.5 Å². The molecule has 150 valence electrons. The van der Waals surface area contributed by atoms with Crippen molar-refractivity contribution in [3.63, 3.8) is 0 Å². The number of nitrogens with one attached hydrogen (secondary N) is 2. The van der Waals surface area contributed by atoms with Gasteiger partial charge in [0.2, 0.25) is 0 Å². The number of methoxy groups -OCH3 is 3. The fraction of sp³-hybridized carbons (Fsp3) is 0.333. The molecular formula is C21H27N3O4. The van der Waals surface area contributed by atoms with Crippen molar-refractivity contribution < 1.29 is 19.0 Å². The van der Waals surface area contributed by atoms with Crippen LogP contribution in [0, 0.1) is 20.8 Å². The Morgan fingerprint density at radius 2 is 1.54 bits per heavy atom. The van der Waals surface area contributed by atoms with Crippen molar-refractivity contribution in [1.82, 2.24) is 5.43 Å². The number of carbonyl (C=O) groups excluding carboxylic acids is 1. The zero-order valence-electron chi connectivity index (χ0n) is 17.2. The van der Waals surface area contributed by atoms with Gasteiger partial charge in [0, 0.05) is 17.8 Å². The van der Waals surface area contributed by atoms with Gasteiger partial charge in [-0.25, -0.2) is 5.43 Å². The Balaban J connectivity index is 2.04. The molecule has 0 aliphatic carbocycles. The fourth-order valence-corrected chi connectivity index (χ4v) is 3.00. The SMILES string of the molecule is COc1cc(OC)c(/C=N\NC(=O)CNc2c(C)cc(C)cc2C)c(OC)c1. The molecule has 2 rings (SSSR count). The first-order chi connectivity index (χ1) is 13.4. The smallest absolute Gasteiger partial charge is 0.259 e. The summed E-state index contributed by atoms with van der Waals surface area (Å²) in [7, 11) is 4.65. The quantitative estimate of drug-likeness (QED) is 0.539. The summed E-state index contributed by atoms with van der Waals surface area (Å²) in [5.41, 5.74) is 7.46. The van der Waals surface area contributed by atoms with E-state index >= 15 is 0 Å². The van der Waals surface area contributed by atoms with Gasteiger partial charge >= 0.3 is 0 Å². The Kier molecular flexibility index (Phi) is 7.26. The number of rotatable bonds is 8. The van der Waals surface area contributed by atoms with Crippen LogP contribution >= 0.6 is 0 Å². The van der Waals surface area contributed by atoms with Crippen molar-refractivity contribution in [1.29, 1.82) is 0 Å². The van der Waals surface area contributed by atoms with Crippen LogP contribution < -0.4 is 25.0 Å². The highest BCUT2D eigenvalue weighted by Crippen LogP contribution is 2.32. The van der Waals surface area contributed by atoms with E-state index in [-0.39, 0.29) is 12.5 Å². The first-order valence-corrected chi connectivity index (χ1v) is 8.83. The van der Waals surface area contributed by atoms with Crippen molar-refractivity contribution >= 4 is 17.8 Å². The number of hydrogen-bond acceptors (Lipinski definition) is 6. The molecular weight excluding hydrogens is 358 g/mol. The van der Waals surface area contributed by atoms with Crippen LogP contribution in [0.5, 0.6) is 17.2 Å². The predicted octanol–water partition coefficient (Wildman–Crippen LogP) is 3.20. The second-order valence-electron chi connectivity index (χ2n) is 6.37. The maximum absolute atomic E-state index is 12.1. The van der Waals surface area contributed by atoms with Crippen LogP contribution in [0.4, 0.5) is 5.69 Å². The van der Waals surface area contributed by atoms with Crippen molar-refractivity contribution in [2.75, 3.05) is 33.2 Å². The average molecular weight is 385 g/mol. The molecule has 0 fully saturated rings. The molecule has 0 atom stereocenters. The van der Waals surface area contributed by atoms with E-state index in [4.69, 9.17) is 14.2 Å². The molecule has 0 saturated carbocycles. The second-order valence-corrected chi connectivity index (χ2v) is 6.37. The van der Waals surface area contributed by atoms with Crippen molar-refractivity contribution in [2.45, 2.75) is 20.8 Å². The molecule has 0 aliphatic rings. The van der Waals surface area contributed by atoms with Gasteiger partial charge in [0.05, 0.1) is 39.7 Å². The molecule has 0 saturated heterocycles. The molecule has 0 heterocycles. The minimum Gasteiger partial charge on any atom is -0.496 e. The van der Waals surface area contributed by atoms with E-state index in [1.165, 1.54) is 11.8 Å². The summed E-state index contributed by atoms with van der Waals surface area (Å²) in [6, 6.07) is 7.59. The van der Waals surface area contributed by atoms with Crippen LogP contribution in [0.15, 0.2) is 29.4 Å². The Morgan fingerprint density at radius 3 is 2.04 bits per heavy atom. The minimum absolute atomic E-state index is 0.110. The number of benzene rings is 2. The van der Waals surface area contributed by atoms with Crippen molar-refractivity contribution in [3.05, 3.63) is 46.5 Å². The first kappa shape index (κ1) is 21.1. The normalized spacial score (nSPS) is 10.6. The third-order valence-electron chi connectivity index (χ3n) is 4.24. The molecule has 0 spiro atoms. The largest absolute Gasteiger partial charge is 0.496 e. The number of hydrazone groups is 1. The van der Waals surface area contributed by atoms with Gasteiger partial charge in [-0.05, 0) is 31.9 Å². The van der Waals surface area contributed by atoms with Gasteiger partial charge in [0.15, 0.2) is 0 Å². The van der Waals surface area contributed by atoms with Gasteiger partial charge in [-0.15, -0.1) is 0 Å². The third-order valence-corrected chi connectivity index (χ3v) is 4.24. The molecule has 0 aromatic heterocycles. The number of nitrogens with zero attached hydrogens (tertiary/aromatic N) is 1. The minimum atomic E-state index is -0.262. The second kappa shape index (κ2) is 9.64. The van der Waals surface area contributed by atoms with Gasteiger partial charge in [-0.3, -0.25) is 4.79 Å². The van der Waals surface area contributed by atoms with Crippen molar-refractivity contribution in [2.24, 2.45) is 5.10 Å². The average Bonchev–Trinajstić information content (AvgIpc) is 2.66. The summed E-state index contributed by atoms with van der Waals surface area (Å²) < 4.78 is 15.9. The highest BCUT2D eigenvalue weighted by molar-refractivity contribution is 5.89. The van der Waals surface area contributed by atoms with Crippen LogP contribution in [-0.2, 0) is 4.79 Å². The van der Waals surface area contributed by atoms with Crippen molar-refractivity contribution in [3.8, 4) is 17.2 Å². The molecule has 2 aromatic carbocycles. The molecule has 0 radical (unpaired) electrons. The number of aryl methyl sites for hydroxylation is 3. The summed E-state index contributed by atoms with van der Waals surface area (Å²) in [6.07, 6.45) is 1.48. The highest BCUT2D eigenvalue weighted by Gasteiger charge is 2.12. The lowest BCUT2D eigenvalue weighted by Gasteiger charge is -2.13. The summed E-state index contributed by atoms with van der Waals surface area (Å²) in [4.78, 5) is 12.1. The number of carbonyl (C=O) groups is 1. The van der Waals surface area contributed by atoms with Crippen LogP contribution in [0.25, 0.3) is 0 Å². The van der Waals surface area contributed by atoms with E-state index in [2.05, 4.69) is 28.0 Å². The van der Waals surface area contributed by atoms with Gasteiger partial charge in [-0.1, -0.05) is 17.7 Å². The summed E-state index contributed by atoms with van der Waals surface area (Å²) in [5, 5.41) is 7.19. The molecule has 1 amide bonds. The van der Waals surface area contributed by atoms with Crippen LogP contribution in [-0.4, -0.2) is 40.0 Å². The Bertz CT molecular complexity index is 830. The molecule has 0 unspecified atom stereocenters. The van der Waals surface area contributed by atoms with E-state index in [9.17, 15) is 4.79 Å². The Hall–Kier alpha value is -3.22.